The Morgan fingerprint density at radius 3 is 2.89 bits per heavy atom. The van der Waals surface area contributed by atoms with Gasteiger partial charge in [0, 0.05) is 22.5 Å². The first-order chi connectivity index (χ1) is 9.01. The maximum Gasteiger partial charge on any atom is 0.101 e. The minimum atomic E-state index is 0.220. The number of rotatable bonds is 4. The van der Waals surface area contributed by atoms with Gasteiger partial charge in [-0.1, -0.05) is 33.8 Å². The maximum atomic E-state index is 4.64. The van der Waals surface area contributed by atoms with E-state index in [9.17, 15) is 0 Å². The third-order valence-corrected chi connectivity index (χ3v) is 4.58. The number of pyridine rings is 1. The molecule has 1 aromatic heterocycles. The van der Waals surface area contributed by atoms with Gasteiger partial charge < -0.3 is 0 Å². The predicted octanol–water partition coefficient (Wildman–Crippen LogP) is 4.52. The quantitative estimate of drug-likeness (QED) is 0.753. The van der Waals surface area contributed by atoms with Gasteiger partial charge >= 0.3 is 0 Å². The summed E-state index contributed by atoms with van der Waals surface area (Å²) in [5.74, 6) is 0. The molecule has 0 spiro atoms. The Hall–Kier alpha value is -0.540. The number of likely N-dealkylation sites (tertiary alicyclic amines) is 1. The number of thioether (sulfide) groups is 1. The molecular formula is C16H26N2S. The van der Waals surface area contributed by atoms with E-state index in [-0.39, 0.29) is 4.75 Å². The first kappa shape index (κ1) is 14.9. The molecule has 2 rings (SSSR count). The van der Waals surface area contributed by atoms with Crippen LogP contribution in [0.5, 0.6) is 0 Å². The topological polar surface area (TPSA) is 16.1 Å². The largest absolute Gasteiger partial charge is 0.296 e. The number of hydrogen-bond acceptors (Lipinski definition) is 3. The Kier molecular flexibility index (Phi) is 4.91. The highest BCUT2D eigenvalue weighted by Gasteiger charge is 2.28. The van der Waals surface area contributed by atoms with Crippen LogP contribution in [0, 0.1) is 0 Å². The van der Waals surface area contributed by atoms with Gasteiger partial charge in [0.15, 0.2) is 0 Å². The van der Waals surface area contributed by atoms with Crippen LogP contribution in [0.2, 0.25) is 0 Å². The highest BCUT2D eigenvalue weighted by molar-refractivity contribution is 8.00. The standard InChI is InChI=1S/C16H26N2S/c1-5-11-18-12-7-9-14(18)13-8-6-10-17-15(13)19-16(2,3)4/h6,8,10,14H,5,7,9,11-12H2,1-4H3. The van der Waals surface area contributed by atoms with Crippen LogP contribution in [-0.2, 0) is 0 Å². The van der Waals surface area contributed by atoms with Crippen LogP contribution < -0.4 is 0 Å². The monoisotopic (exact) mass is 278 g/mol. The Balaban J connectivity index is 2.23. The second kappa shape index (κ2) is 6.27. The van der Waals surface area contributed by atoms with Crippen molar-refractivity contribution in [2.24, 2.45) is 0 Å². The molecule has 0 bridgehead atoms. The smallest absolute Gasteiger partial charge is 0.101 e. The zero-order valence-corrected chi connectivity index (χ0v) is 13.5. The predicted molar refractivity (Wildman–Crippen MR) is 83.7 cm³/mol. The Morgan fingerprint density at radius 2 is 2.21 bits per heavy atom. The highest BCUT2D eigenvalue weighted by Crippen LogP contribution is 2.39. The van der Waals surface area contributed by atoms with E-state index in [2.05, 4.69) is 49.7 Å². The zero-order valence-electron chi connectivity index (χ0n) is 12.6. The third kappa shape index (κ3) is 3.96. The molecule has 0 amide bonds. The molecule has 106 valence electrons. The summed E-state index contributed by atoms with van der Waals surface area (Å²) in [6.07, 6.45) is 5.76. The van der Waals surface area contributed by atoms with Gasteiger partial charge in [0.25, 0.3) is 0 Å². The van der Waals surface area contributed by atoms with Gasteiger partial charge in [-0.2, -0.15) is 0 Å². The molecule has 1 aromatic rings. The van der Waals surface area contributed by atoms with Crippen molar-refractivity contribution in [3.05, 3.63) is 23.9 Å². The molecule has 0 radical (unpaired) electrons. The van der Waals surface area contributed by atoms with Gasteiger partial charge in [-0.05, 0) is 38.4 Å². The van der Waals surface area contributed by atoms with Crippen molar-refractivity contribution in [3.8, 4) is 0 Å². The number of hydrogen-bond donors (Lipinski definition) is 0. The van der Waals surface area contributed by atoms with E-state index in [1.807, 2.05) is 18.0 Å². The van der Waals surface area contributed by atoms with Crippen LogP contribution in [0.3, 0.4) is 0 Å². The SMILES string of the molecule is CCCN1CCCC1c1cccnc1SC(C)(C)C. The summed E-state index contributed by atoms with van der Waals surface area (Å²) in [7, 11) is 0. The van der Waals surface area contributed by atoms with Crippen LogP contribution >= 0.6 is 11.8 Å². The highest BCUT2D eigenvalue weighted by atomic mass is 32.2. The van der Waals surface area contributed by atoms with E-state index in [0.717, 1.165) is 0 Å². The van der Waals surface area contributed by atoms with Crippen LogP contribution in [0.1, 0.15) is 58.6 Å². The zero-order chi connectivity index (χ0) is 13.9. The molecule has 1 aliphatic heterocycles. The lowest BCUT2D eigenvalue weighted by Gasteiger charge is -2.27. The Labute approximate surface area is 122 Å². The molecule has 1 fully saturated rings. The number of aromatic nitrogens is 1. The normalized spacial score (nSPS) is 20.9. The van der Waals surface area contributed by atoms with Crippen molar-refractivity contribution >= 4 is 11.8 Å². The molecule has 0 saturated carbocycles. The number of nitrogens with zero attached hydrogens (tertiary/aromatic N) is 2. The summed E-state index contributed by atoms with van der Waals surface area (Å²) >= 11 is 1.90. The first-order valence-electron chi connectivity index (χ1n) is 7.39. The van der Waals surface area contributed by atoms with Gasteiger partial charge in [-0.3, -0.25) is 4.90 Å². The second-order valence-electron chi connectivity index (χ2n) is 6.31. The van der Waals surface area contributed by atoms with E-state index < -0.39 is 0 Å². The summed E-state index contributed by atoms with van der Waals surface area (Å²) in [6, 6.07) is 4.95. The molecule has 0 aliphatic carbocycles. The maximum absolute atomic E-state index is 4.64. The van der Waals surface area contributed by atoms with Crippen molar-refractivity contribution in [2.75, 3.05) is 13.1 Å². The molecule has 2 heterocycles. The molecule has 1 unspecified atom stereocenters. The molecular weight excluding hydrogens is 252 g/mol. The van der Waals surface area contributed by atoms with E-state index in [4.69, 9.17) is 0 Å². The molecule has 3 heteroatoms. The fraction of sp³-hybridized carbons (Fsp3) is 0.688. The molecule has 1 saturated heterocycles. The van der Waals surface area contributed by atoms with Crippen LogP contribution in [0.15, 0.2) is 23.4 Å². The van der Waals surface area contributed by atoms with Crippen molar-refractivity contribution in [1.29, 1.82) is 0 Å². The van der Waals surface area contributed by atoms with Crippen LogP contribution in [-0.4, -0.2) is 27.7 Å². The Bertz CT molecular complexity index is 411. The molecule has 19 heavy (non-hydrogen) atoms. The minimum absolute atomic E-state index is 0.220. The molecule has 0 aromatic carbocycles. The summed E-state index contributed by atoms with van der Waals surface area (Å²) in [5, 5.41) is 1.23. The van der Waals surface area contributed by atoms with Crippen molar-refractivity contribution < 1.29 is 0 Å². The van der Waals surface area contributed by atoms with E-state index in [1.54, 1.807) is 0 Å². The minimum Gasteiger partial charge on any atom is -0.296 e. The summed E-state index contributed by atoms with van der Waals surface area (Å²) in [6.45, 7) is 11.5. The fourth-order valence-electron chi connectivity index (χ4n) is 2.77. The summed E-state index contributed by atoms with van der Waals surface area (Å²) < 4.78 is 0.220. The Morgan fingerprint density at radius 1 is 1.42 bits per heavy atom. The van der Waals surface area contributed by atoms with Gasteiger partial charge in [0.2, 0.25) is 0 Å². The molecule has 2 nitrogen and oxygen atoms in total. The van der Waals surface area contributed by atoms with Crippen molar-refractivity contribution in [1.82, 2.24) is 9.88 Å². The van der Waals surface area contributed by atoms with Crippen LogP contribution in [0.4, 0.5) is 0 Å². The van der Waals surface area contributed by atoms with Gasteiger partial charge in [0.1, 0.15) is 5.03 Å². The van der Waals surface area contributed by atoms with E-state index in [1.165, 1.54) is 42.9 Å². The van der Waals surface area contributed by atoms with Crippen molar-refractivity contribution in [2.45, 2.75) is 62.8 Å². The summed E-state index contributed by atoms with van der Waals surface area (Å²) in [4.78, 5) is 7.27. The second-order valence-corrected chi connectivity index (χ2v) is 8.12. The lowest BCUT2D eigenvalue weighted by atomic mass is 10.1. The van der Waals surface area contributed by atoms with Gasteiger partial charge in [0.05, 0.1) is 0 Å². The molecule has 1 atom stereocenters. The molecule has 0 N–H and O–H groups in total. The lowest BCUT2D eigenvalue weighted by Crippen LogP contribution is -2.24. The average Bonchev–Trinajstić information content (AvgIpc) is 2.76. The average molecular weight is 278 g/mol. The van der Waals surface area contributed by atoms with Gasteiger partial charge in [-0.25, -0.2) is 4.98 Å². The van der Waals surface area contributed by atoms with E-state index >= 15 is 0 Å². The van der Waals surface area contributed by atoms with E-state index in [0.29, 0.717) is 6.04 Å². The van der Waals surface area contributed by atoms with Gasteiger partial charge in [-0.15, -0.1) is 11.8 Å². The first-order valence-corrected chi connectivity index (χ1v) is 8.21. The molecule has 1 aliphatic rings. The van der Waals surface area contributed by atoms with Crippen molar-refractivity contribution in [3.63, 3.8) is 0 Å². The van der Waals surface area contributed by atoms with Crippen LogP contribution in [0.25, 0.3) is 0 Å². The fourth-order valence-corrected chi connectivity index (χ4v) is 3.78. The third-order valence-electron chi connectivity index (χ3n) is 3.44. The lowest BCUT2D eigenvalue weighted by molar-refractivity contribution is 0.254. The summed E-state index contributed by atoms with van der Waals surface area (Å²) in [5.41, 5.74) is 1.44.